The van der Waals surface area contributed by atoms with Crippen LogP contribution in [-0.4, -0.2) is 17.8 Å². The summed E-state index contributed by atoms with van der Waals surface area (Å²) < 4.78 is 50.9. The van der Waals surface area contributed by atoms with Crippen molar-refractivity contribution in [3.05, 3.63) is 95.1 Å². The average molecular weight is 424 g/mol. The van der Waals surface area contributed by atoms with E-state index in [4.69, 9.17) is 14.6 Å². The van der Waals surface area contributed by atoms with Gasteiger partial charge in [0.05, 0.1) is 24.4 Å². The Morgan fingerprint density at radius 3 is 2.39 bits per heavy atom. The van der Waals surface area contributed by atoms with E-state index in [1.54, 1.807) is 7.11 Å². The van der Waals surface area contributed by atoms with Crippen LogP contribution in [-0.2, 0) is 6.18 Å². The first-order valence-corrected chi connectivity index (χ1v) is 9.87. The second-order valence-electron chi connectivity index (χ2n) is 7.48. The molecule has 4 nitrogen and oxygen atoms in total. The largest absolute Gasteiger partial charge is 0.493 e. The first-order valence-electron chi connectivity index (χ1n) is 9.87. The number of para-hydroxylation sites is 1. The molecule has 0 aromatic heterocycles. The van der Waals surface area contributed by atoms with E-state index in [-0.39, 0.29) is 6.04 Å². The summed E-state index contributed by atoms with van der Waals surface area (Å²) in [4.78, 5) is 0. The highest BCUT2D eigenvalue weighted by atomic mass is 19.4. The number of ether oxygens (including phenoxy) is 2. The summed E-state index contributed by atoms with van der Waals surface area (Å²) in [6.45, 7) is 0. The van der Waals surface area contributed by atoms with Crippen molar-refractivity contribution in [2.24, 2.45) is 5.10 Å². The van der Waals surface area contributed by atoms with Crippen molar-refractivity contribution >= 4 is 5.71 Å². The zero-order valence-corrected chi connectivity index (χ0v) is 16.6. The van der Waals surface area contributed by atoms with Crippen molar-refractivity contribution in [1.29, 1.82) is 0 Å². The van der Waals surface area contributed by atoms with Gasteiger partial charge >= 0.3 is 6.18 Å². The van der Waals surface area contributed by atoms with E-state index in [1.807, 2.05) is 53.5 Å². The molecule has 158 valence electrons. The van der Waals surface area contributed by atoms with Gasteiger partial charge in [-0.15, -0.1) is 0 Å². The number of halogens is 3. The lowest BCUT2D eigenvalue weighted by Crippen LogP contribution is -2.34. The number of fused-ring (bicyclic) bond motifs is 3. The molecule has 0 aliphatic carbocycles. The van der Waals surface area contributed by atoms with Gasteiger partial charge in [-0.2, -0.15) is 18.3 Å². The molecular formula is C24H19F3N2O2. The molecule has 0 bridgehead atoms. The van der Waals surface area contributed by atoms with Crippen LogP contribution in [0.2, 0.25) is 0 Å². The van der Waals surface area contributed by atoms with Gasteiger partial charge in [0.15, 0.2) is 11.5 Å². The van der Waals surface area contributed by atoms with Crippen LogP contribution in [0.5, 0.6) is 11.5 Å². The fourth-order valence-electron chi connectivity index (χ4n) is 4.11. The SMILES string of the molecule is COc1cccc2c1O[C@H](c1ccc(C(F)(F)F)cc1)N1N=C(c3ccccc3)C[C@H]21. The lowest BCUT2D eigenvalue weighted by atomic mass is 9.95. The molecule has 0 saturated heterocycles. The third-order valence-electron chi connectivity index (χ3n) is 5.63. The summed E-state index contributed by atoms with van der Waals surface area (Å²) in [5, 5.41) is 6.67. The highest BCUT2D eigenvalue weighted by molar-refractivity contribution is 6.01. The summed E-state index contributed by atoms with van der Waals surface area (Å²) in [7, 11) is 1.57. The molecule has 0 spiro atoms. The minimum Gasteiger partial charge on any atom is -0.493 e. The van der Waals surface area contributed by atoms with Crippen molar-refractivity contribution in [1.82, 2.24) is 5.01 Å². The van der Waals surface area contributed by atoms with Gasteiger partial charge in [0.1, 0.15) is 0 Å². The van der Waals surface area contributed by atoms with Crippen molar-refractivity contribution in [3.8, 4) is 11.5 Å². The Bertz CT molecular complexity index is 1130. The van der Waals surface area contributed by atoms with E-state index >= 15 is 0 Å². The second-order valence-corrected chi connectivity index (χ2v) is 7.48. The van der Waals surface area contributed by atoms with Gasteiger partial charge in [-0.05, 0) is 23.8 Å². The maximum absolute atomic E-state index is 13.0. The summed E-state index contributed by atoms with van der Waals surface area (Å²) in [5.74, 6) is 1.18. The molecule has 2 aliphatic rings. The van der Waals surface area contributed by atoms with Crippen LogP contribution in [0.4, 0.5) is 13.2 Å². The molecule has 3 aromatic rings. The van der Waals surface area contributed by atoms with Gasteiger partial charge in [-0.3, -0.25) is 0 Å². The molecule has 0 amide bonds. The summed E-state index contributed by atoms with van der Waals surface area (Å²) in [5.41, 5.74) is 2.75. The monoisotopic (exact) mass is 424 g/mol. The minimum atomic E-state index is -4.39. The van der Waals surface area contributed by atoms with E-state index in [9.17, 15) is 13.2 Å². The fourth-order valence-corrected chi connectivity index (χ4v) is 4.11. The molecule has 3 aromatic carbocycles. The Hall–Kier alpha value is -3.48. The third kappa shape index (κ3) is 3.40. The second kappa shape index (κ2) is 7.34. The van der Waals surface area contributed by atoms with Gasteiger partial charge in [0.25, 0.3) is 0 Å². The van der Waals surface area contributed by atoms with Crippen molar-refractivity contribution in [2.75, 3.05) is 7.11 Å². The molecule has 0 saturated carbocycles. The maximum atomic E-state index is 13.0. The lowest BCUT2D eigenvalue weighted by Gasteiger charge is -2.38. The number of rotatable bonds is 3. The van der Waals surface area contributed by atoms with Crippen LogP contribution in [0.3, 0.4) is 0 Å². The third-order valence-corrected chi connectivity index (χ3v) is 5.63. The number of nitrogens with zero attached hydrogens (tertiary/aromatic N) is 2. The molecule has 0 radical (unpaired) electrons. The number of benzene rings is 3. The van der Waals surface area contributed by atoms with Crippen molar-refractivity contribution in [3.63, 3.8) is 0 Å². The first-order chi connectivity index (χ1) is 15.0. The minimum absolute atomic E-state index is 0.110. The van der Waals surface area contributed by atoms with Gasteiger partial charge in [0.2, 0.25) is 6.23 Å². The molecule has 2 atom stereocenters. The predicted octanol–water partition coefficient (Wildman–Crippen LogP) is 5.96. The summed E-state index contributed by atoms with van der Waals surface area (Å²) in [6.07, 6.45) is -4.40. The summed E-state index contributed by atoms with van der Waals surface area (Å²) >= 11 is 0. The van der Waals surface area contributed by atoms with Crippen LogP contribution in [0.15, 0.2) is 77.9 Å². The van der Waals surface area contributed by atoms with E-state index in [1.165, 1.54) is 12.1 Å². The fraction of sp³-hybridized carbons (Fsp3) is 0.208. The van der Waals surface area contributed by atoms with E-state index in [0.717, 1.165) is 29.0 Å². The maximum Gasteiger partial charge on any atom is 0.416 e. The van der Waals surface area contributed by atoms with Crippen molar-refractivity contribution < 1.29 is 22.6 Å². The smallest absolute Gasteiger partial charge is 0.416 e. The molecule has 5 rings (SSSR count). The Labute approximate surface area is 177 Å². The number of hydrazone groups is 1. The normalized spacial score (nSPS) is 19.9. The van der Waals surface area contributed by atoms with Gasteiger partial charge in [-0.25, -0.2) is 5.01 Å². The molecular weight excluding hydrogens is 405 g/mol. The number of hydrogen-bond acceptors (Lipinski definition) is 4. The summed E-state index contributed by atoms with van der Waals surface area (Å²) in [6, 6.07) is 20.5. The van der Waals surface area contributed by atoms with Crippen LogP contribution >= 0.6 is 0 Å². The molecule has 0 fully saturated rings. The Morgan fingerprint density at radius 2 is 1.71 bits per heavy atom. The molecule has 2 heterocycles. The highest BCUT2D eigenvalue weighted by Crippen LogP contribution is 2.50. The van der Waals surface area contributed by atoms with E-state index < -0.39 is 18.0 Å². The zero-order chi connectivity index (χ0) is 21.6. The van der Waals surface area contributed by atoms with Crippen LogP contribution < -0.4 is 9.47 Å². The number of alkyl halides is 3. The van der Waals surface area contributed by atoms with Crippen molar-refractivity contribution in [2.45, 2.75) is 24.9 Å². The average Bonchev–Trinajstić information content (AvgIpc) is 3.24. The lowest BCUT2D eigenvalue weighted by molar-refractivity contribution is -0.137. The molecule has 2 aliphatic heterocycles. The topological polar surface area (TPSA) is 34.1 Å². The molecule has 0 N–H and O–H groups in total. The number of methoxy groups -OCH3 is 1. The molecule has 7 heteroatoms. The molecule has 0 unspecified atom stereocenters. The van der Waals surface area contributed by atoms with E-state index in [0.29, 0.717) is 23.5 Å². The van der Waals surface area contributed by atoms with E-state index in [2.05, 4.69) is 0 Å². The van der Waals surface area contributed by atoms with Gasteiger partial charge in [-0.1, -0.05) is 54.6 Å². The van der Waals surface area contributed by atoms with Crippen LogP contribution in [0.1, 0.15) is 40.9 Å². The Kier molecular flexibility index (Phi) is 4.61. The van der Waals surface area contributed by atoms with Crippen LogP contribution in [0.25, 0.3) is 0 Å². The van der Waals surface area contributed by atoms with Gasteiger partial charge in [0, 0.05) is 17.5 Å². The quantitative estimate of drug-likeness (QED) is 0.521. The highest BCUT2D eigenvalue weighted by Gasteiger charge is 2.42. The van der Waals surface area contributed by atoms with Gasteiger partial charge < -0.3 is 9.47 Å². The predicted molar refractivity (Wildman–Crippen MR) is 110 cm³/mol. The first kappa shape index (κ1) is 19.5. The molecule has 31 heavy (non-hydrogen) atoms. The number of hydrogen-bond donors (Lipinski definition) is 0. The zero-order valence-electron chi connectivity index (χ0n) is 16.6. The Balaban J connectivity index is 1.59. The standard InChI is InChI=1S/C24H19F3N2O2/c1-30-21-9-5-8-18-20-14-19(15-6-3-2-4-7-15)28-29(20)23(31-22(18)21)16-10-12-17(13-11-16)24(25,26)27/h2-13,20,23H,14H2,1H3/t20-,23-/m1/s1. The Morgan fingerprint density at radius 1 is 0.968 bits per heavy atom. The van der Waals surface area contributed by atoms with Crippen LogP contribution in [0, 0.1) is 0 Å².